The molecule has 0 bridgehead atoms. The van der Waals surface area contributed by atoms with Gasteiger partial charge in [-0.2, -0.15) is 0 Å². The standard InChI is InChI=1S/C14H18N2O3/c1-3-10(2)9-13(17)16-12-6-4-5-11(15-12)7-8-14(18)19/h4-8,10H,3,9H2,1-2H3,(H,18,19)(H,15,16,17)/b8-7+. The van der Waals surface area contributed by atoms with Crippen LogP contribution in [0, 0.1) is 5.92 Å². The molecule has 0 aliphatic heterocycles. The van der Waals surface area contributed by atoms with E-state index in [1.54, 1.807) is 18.2 Å². The fourth-order valence-electron chi connectivity index (χ4n) is 1.43. The fourth-order valence-corrected chi connectivity index (χ4v) is 1.43. The van der Waals surface area contributed by atoms with Crippen LogP contribution >= 0.6 is 0 Å². The molecule has 1 rings (SSSR count). The number of pyridine rings is 1. The first-order valence-corrected chi connectivity index (χ1v) is 6.19. The lowest BCUT2D eigenvalue weighted by Gasteiger charge is -2.08. The summed E-state index contributed by atoms with van der Waals surface area (Å²) in [5.41, 5.74) is 0.490. The summed E-state index contributed by atoms with van der Waals surface area (Å²) in [5, 5.41) is 11.2. The molecule has 0 fully saturated rings. The average Bonchev–Trinajstić information content (AvgIpc) is 2.36. The van der Waals surface area contributed by atoms with Gasteiger partial charge >= 0.3 is 5.97 Å². The number of hydrogen-bond donors (Lipinski definition) is 2. The van der Waals surface area contributed by atoms with Gasteiger partial charge in [0.1, 0.15) is 5.82 Å². The lowest BCUT2D eigenvalue weighted by Crippen LogP contribution is -2.15. The third kappa shape index (κ3) is 5.81. The number of carboxylic acids is 1. The lowest BCUT2D eigenvalue weighted by atomic mass is 10.1. The van der Waals surface area contributed by atoms with Gasteiger partial charge in [-0.15, -0.1) is 0 Å². The number of hydrogen-bond acceptors (Lipinski definition) is 3. The van der Waals surface area contributed by atoms with Crippen molar-refractivity contribution in [2.45, 2.75) is 26.7 Å². The Morgan fingerprint density at radius 1 is 1.47 bits per heavy atom. The molecule has 2 N–H and O–H groups in total. The van der Waals surface area contributed by atoms with Gasteiger partial charge in [0.05, 0.1) is 5.69 Å². The Hall–Kier alpha value is -2.17. The minimum atomic E-state index is -1.03. The predicted octanol–water partition coefficient (Wildman–Crippen LogP) is 2.55. The average molecular weight is 262 g/mol. The van der Waals surface area contributed by atoms with Crippen molar-refractivity contribution in [2.24, 2.45) is 5.92 Å². The summed E-state index contributed by atoms with van der Waals surface area (Å²) < 4.78 is 0. The van der Waals surface area contributed by atoms with E-state index in [4.69, 9.17) is 5.11 Å². The van der Waals surface area contributed by atoms with Crippen LogP contribution in [0.3, 0.4) is 0 Å². The van der Waals surface area contributed by atoms with E-state index in [9.17, 15) is 9.59 Å². The topological polar surface area (TPSA) is 79.3 Å². The summed E-state index contributed by atoms with van der Waals surface area (Å²) in [4.78, 5) is 26.2. The first-order chi connectivity index (χ1) is 9.01. The zero-order chi connectivity index (χ0) is 14.3. The lowest BCUT2D eigenvalue weighted by molar-refractivity contribution is -0.131. The number of carbonyl (C=O) groups is 2. The predicted molar refractivity (Wildman–Crippen MR) is 73.6 cm³/mol. The maximum Gasteiger partial charge on any atom is 0.328 e. The van der Waals surface area contributed by atoms with Crippen molar-refractivity contribution < 1.29 is 14.7 Å². The number of carboxylic acid groups (broad SMARTS) is 1. The molecule has 19 heavy (non-hydrogen) atoms. The van der Waals surface area contributed by atoms with Crippen LogP contribution in [0.5, 0.6) is 0 Å². The van der Waals surface area contributed by atoms with Crippen LogP contribution < -0.4 is 5.32 Å². The minimum Gasteiger partial charge on any atom is -0.478 e. The molecular formula is C14H18N2O3. The van der Waals surface area contributed by atoms with E-state index in [1.807, 2.05) is 13.8 Å². The Morgan fingerprint density at radius 2 is 2.21 bits per heavy atom. The van der Waals surface area contributed by atoms with Gasteiger partial charge in [0, 0.05) is 12.5 Å². The normalized spacial score (nSPS) is 12.3. The van der Waals surface area contributed by atoms with E-state index < -0.39 is 5.97 Å². The molecule has 0 aliphatic carbocycles. The third-order valence-electron chi connectivity index (χ3n) is 2.67. The van der Waals surface area contributed by atoms with Gasteiger partial charge in [-0.05, 0) is 24.1 Å². The molecule has 1 aromatic heterocycles. The Bertz CT molecular complexity index is 483. The van der Waals surface area contributed by atoms with Crippen molar-refractivity contribution in [2.75, 3.05) is 5.32 Å². The molecule has 0 saturated heterocycles. The zero-order valence-corrected chi connectivity index (χ0v) is 11.1. The number of amides is 1. The van der Waals surface area contributed by atoms with E-state index in [1.165, 1.54) is 6.08 Å². The molecule has 0 aliphatic rings. The van der Waals surface area contributed by atoms with E-state index >= 15 is 0 Å². The molecule has 5 nitrogen and oxygen atoms in total. The second-order valence-electron chi connectivity index (χ2n) is 4.38. The van der Waals surface area contributed by atoms with E-state index in [0.29, 0.717) is 23.9 Å². The van der Waals surface area contributed by atoms with Crippen LogP contribution in [0.4, 0.5) is 5.82 Å². The molecule has 1 atom stereocenters. The van der Waals surface area contributed by atoms with Crippen molar-refractivity contribution in [3.8, 4) is 0 Å². The summed E-state index contributed by atoms with van der Waals surface area (Å²) >= 11 is 0. The SMILES string of the molecule is CCC(C)CC(=O)Nc1cccc(/C=C/C(=O)O)n1. The number of carbonyl (C=O) groups excluding carboxylic acids is 1. The zero-order valence-electron chi connectivity index (χ0n) is 11.1. The number of nitrogens with one attached hydrogen (secondary N) is 1. The number of nitrogens with zero attached hydrogens (tertiary/aromatic N) is 1. The molecule has 1 heterocycles. The van der Waals surface area contributed by atoms with Gasteiger partial charge in [-0.3, -0.25) is 4.79 Å². The van der Waals surface area contributed by atoms with Crippen LogP contribution in [0.15, 0.2) is 24.3 Å². The van der Waals surface area contributed by atoms with E-state index in [2.05, 4.69) is 10.3 Å². The summed E-state index contributed by atoms with van der Waals surface area (Å²) in [6, 6.07) is 5.06. The Kier molecular flexibility index (Phi) is 5.73. The van der Waals surface area contributed by atoms with Crippen molar-refractivity contribution in [3.05, 3.63) is 30.0 Å². The maximum atomic E-state index is 11.7. The first kappa shape index (κ1) is 14.9. The second-order valence-corrected chi connectivity index (χ2v) is 4.38. The largest absolute Gasteiger partial charge is 0.478 e. The van der Waals surface area contributed by atoms with Gasteiger partial charge in [0.25, 0.3) is 0 Å². The van der Waals surface area contributed by atoms with E-state index in [0.717, 1.165) is 12.5 Å². The Morgan fingerprint density at radius 3 is 2.84 bits per heavy atom. The van der Waals surface area contributed by atoms with Crippen LogP contribution in [0.25, 0.3) is 6.08 Å². The molecule has 1 amide bonds. The van der Waals surface area contributed by atoms with Crippen molar-refractivity contribution in [3.63, 3.8) is 0 Å². The Labute approximate surface area is 112 Å². The third-order valence-corrected chi connectivity index (χ3v) is 2.67. The van der Waals surface area contributed by atoms with Crippen molar-refractivity contribution in [1.82, 2.24) is 4.98 Å². The molecule has 5 heteroatoms. The highest BCUT2D eigenvalue weighted by Crippen LogP contribution is 2.10. The highest BCUT2D eigenvalue weighted by molar-refractivity contribution is 5.90. The van der Waals surface area contributed by atoms with Crippen LogP contribution in [0.1, 0.15) is 32.4 Å². The van der Waals surface area contributed by atoms with Crippen LogP contribution in [-0.2, 0) is 9.59 Å². The van der Waals surface area contributed by atoms with Crippen LogP contribution in [0.2, 0.25) is 0 Å². The highest BCUT2D eigenvalue weighted by Gasteiger charge is 2.08. The van der Waals surface area contributed by atoms with E-state index in [-0.39, 0.29) is 5.91 Å². The molecule has 0 spiro atoms. The maximum absolute atomic E-state index is 11.7. The van der Waals surface area contributed by atoms with Gasteiger partial charge < -0.3 is 10.4 Å². The number of aromatic nitrogens is 1. The van der Waals surface area contributed by atoms with Gasteiger partial charge in [0.15, 0.2) is 0 Å². The monoisotopic (exact) mass is 262 g/mol. The molecule has 102 valence electrons. The van der Waals surface area contributed by atoms with Crippen LogP contribution in [-0.4, -0.2) is 22.0 Å². The number of aliphatic carboxylic acids is 1. The molecule has 1 unspecified atom stereocenters. The smallest absolute Gasteiger partial charge is 0.328 e. The fraction of sp³-hybridized carbons (Fsp3) is 0.357. The number of rotatable bonds is 6. The molecule has 1 aromatic rings. The van der Waals surface area contributed by atoms with Gasteiger partial charge in [-0.25, -0.2) is 9.78 Å². The van der Waals surface area contributed by atoms with Gasteiger partial charge in [0.2, 0.25) is 5.91 Å². The Balaban J connectivity index is 2.66. The molecule has 0 aromatic carbocycles. The van der Waals surface area contributed by atoms with Crippen molar-refractivity contribution in [1.29, 1.82) is 0 Å². The second kappa shape index (κ2) is 7.31. The van der Waals surface area contributed by atoms with Gasteiger partial charge in [-0.1, -0.05) is 26.3 Å². The van der Waals surface area contributed by atoms with Crippen molar-refractivity contribution >= 4 is 23.8 Å². The highest BCUT2D eigenvalue weighted by atomic mass is 16.4. The summed E-state index contributed by atoms with van der Waals surface area (Å²) in [6.45, 7) is 4.05. The molecule has 0 saturated carbocycles. The summed E-state index contributed by atoms with van der Waals surface area (Å²) in [6.07, 6.45) is 3.79. The summed E-state index contributed by atoms with van der Waals surface area (Å²) in [7, 11) is 0. The first-order valence-electron chi connectivity index (χ1n) is 6.19. The summed E-state index contributed by atoms with van der Waals surface area (Å²) in [5.74, 6) is -0.356. The molecule has 0 radical (unpaired) electrons. The minimum absolute atomic E-state index is 0.0822. The quantitative estimate of drug-likeness (QED) is 0.772. The molecular weight excluding hydrogens is 244 g/mol. The number of anilines is 1.